The monoisotopic (exact) mass is 247 g/mol. The lowest BCUT2D eigenvalue weighted by Crippen LogP contribution is -2.56. The van der Waals surface area contributed by atoms with Gasteiger partial charge < -0.3 is 0 Å². The second-order valence-corrected chi connectivity index (χ2v) is 4.24. The molecule has 0 bridgehead atoms. The smallest absolute Gasteiger partial charge is 0.277 e. The Hall–Kier alpha value is -2.24. The summed E-state index contributed by atoms with van der Waals surface area (Å²) >= 11 is 0. The Morgan fingerprint density at radius 2 is 2.11 bits per heavy atom. The Morgan fingerprint density at radius 3 is 2.78 bits per heavy atom. The third-order valence-corrected chi connectivity index (χ3v) is 2.97. The number of aryl methyl sites for hydroxylation is 1. The zero-order chi connectivity index (χ0) is 13.3. The fourth-order valence-corrected chi connectivity index (χ4v) is 1.73. The molecule has 0 aromatic carbocycles. The first-order valence-corrected chi connectivity index (χ1v) is 5.56. The van der Waals surface area contributed by atoms with Crippen LogP contribution in [0.1, 0.15) is 18.1 Å². The first kappa shape index (κ1) is 12.2. The van der Waals surface area contributed by atoms with Crippen LogP contribution in [0.2, 0.25) is 0 Å². The fourth-order valence-electron chi connectivity index (χ4n) is 1.73. The van der Waals surface area contributed by atoms with E-state index in [1.165, 1.54) is 6.92 Å². The molecule has 2 heterocycles. The number of hydrogen-bond donors (Lipinski definition) is 1. The molecular formula is C12H13N3O3. The van der Waals surface area contributed by atoms with Crippen LogP contribution in [0.5, 0.6) is 0 Å². The zero-order valence-corrected chi connectivity index (χ0v) is 10.1. The van der Waals surface area contributed by atoms with Gasteiger partial charge in [0.1, 0.15) is 5.92 Å². The number of barbiturate groups is 1. The van der Waals surface area contributed by atoms with Gasteiger partial charge in [-0.3, -0.25) is 24.8 Å². The summed E-state index contributed by atoms with van der Waals surface area (Å²) in [5, 5.41) is 2.16. The van der Waals surface area contributed by atoms with Crippen molar-refractivity contribution in [3.05, 3.63) is 29.6 Å². The topological polar surface area (TPSA) is 79.4 Å². The van der Waals surface area contributed by atoms with E-state index in [0.29, 0.717) is 0 Å². The van der Waals surface area contributed by atoms with Crippen LogP contribution in [0.25, 0.3) is 0 Å². The maximum atomic E-state index is 11.9. The average Bonchev–Trinajstić information content (AvgIpc) is 2.34. The largest absolute Gasteiger partial charge is 0.331 e. The molecule has 1 aliphatic heterocycles. The van der Waals surface area contributed by atoms with Gasteiger partial charge in [-0.25, -0.2) is 4.79 Å². The summed E-state index contributed by atoms with van der Waals surface area (Å²) in [5.41, 5.74) is 1.72. The second-order valence-electron chi connectivity index (χ2n) is 4.24. The van der Waals surface area contributed by atoms with Crippen LogP contribution in [-0.4, -0.2) is 27.7 Å². The van der Waals surface area contributed by atoms with Crippen LogP contribution < -0.4 is 5.32 Å². The lowest BCUT2D eigenvalue weighted by atomic mass is 10.1. The highest BCUT2D eigenvalue weighted by atomic mass is 16.2. The molecule has 0 radical (unpaired) electrons. The van der Waals surface area contributed by atoms with E-state index in [1.807, 2.05) is 6.92 Å². The van der Waals surface area contributed by atoms with Gasteiger partial charge in [-0.15, -0.1) is 0 Å². The molecule has 1 atom stereocenters. The van der Waals surface area contributed by atoms with Crippen molar-refractivity contribution in [1.29, 1.82) is 0 Å². The first-order valence-electron chi connectivity index (χ1n) is 5.56. The van der Waals surface area contributed by atoms with E-state index >= 15 is 0 Å². The van der Waals surface area contributed by atoms with E-state index in [2.05, 4.69) is 10.3 Å². The van der Waals surface area contributed by atoms with Crippen LogP contribution in [0.4, 0.5) is 4.79 Å². The van der Waals surface area contributed by atoms with Gasteiger partial charge in [-0.1, -0.05) is 0 Å². The Kier molecular flexibility index (Phi) is 3.10. The molecule has 0 aliphatic carbocycles. The van der Waals surface area contributed by atoms with Gasteiger partial charge in [-0.2, -0.15) is 0 Å². The molecule has 1 N–H and O–H groups in total. The van der Waals surface area contributed by atoms with E-state index in [-0.39, 0.29) is 6.54 Å². The van der Waals surface area contributed by atoms with Crippen LogP contribution in [-0.2, 0) is 16.1 Å². The minimum atomic E-state index is -0.829. The van der Waals surface area contributed by atoms with Gasteiger partial charge in [-0.05, 0) is 31.0 Å². The van der Waals surface area contributed by atoms with Crippen molar-refractivity contribution in [3.63, 3.8) is 0 Å². The summed E-state index contributed by atoms with van der Waals surface area (Å²) in [6, 6.07) is 1.08. The van der Waals surface area contributed by atoms with Crippen molar-refractivity contribution in [2.45, 2.75) is 20.4 Å². The van der Waals surface area contributed by atoms with E-state index in [4.69, 9.17) is 0 Å². The minimum absolute atomic E-state index is 0.149. The molecule has 1 aromatic rings. The third-order valence-electron chi connectivity index (χ3n) is 2.97. The molecule has 18 heavy (non-hydrogen) atoms. The van der Waals surface area contributed by atoms with Crippen molar-refractivity contribution in [1.82, 2.24) is 15.2 Å². The highest BCUT2D eigenvalue weighted by Gasteiger charge is 2.37. The van der Waals surface area contributed by atoms with Crippen LogP contribution in [0.15, 0.2) is 18.5 Å². The number of carbonyl (C=O) groups excluding carboxylic acids is 3. The molecule has 94 valence electrons. The second kappa shape index (κ2) is 4.56. The number of hydrogen-bond acceptors (Lipinski definition) is 4. The standard InChI is InChI=1S/C12H13N3O3/c1-7-5-13-4-3-9(7)6-15-11(17)8(2)10(16)14-12(15)18/h3-5,8H,6H2,1-2H3,(H,14,16,18). The molecule has 0 spiro atoms. The molecular weight excluding hydrogens is 234 g/mol. The highest BCUT2D eigenvalue weighted by Crippen LogP contribution is 2.15. The maximum absolute atomic E-state index is 11.9. The number of imide groups is 2. The van der Waals surface area contributed by atoms with E-state index in [1.54, 1.807) is 18.5 Å². The summed E-state index contributed by atoms with van der Waals surface area (Å²) in [6.45, 7) is 3.48. The predicted octanol–water partition coefficient (Wildman–Crippen LogP) is 0.605. The molecule has 1 aromatic heterocycles. The predicted molar refractivity (Wildman–Crippen MR) is 62.2 cm³/mol. The molecule has 1 aliphatic rings. The summed E-state index contributed by atoms with van der Waals surface area (Å²) in [7, 11) is 0. The Bertz CT molecular complexity index is 527. The normalized spacial score (nSPS) is 20.0. The van der Waals surface area contributed by atoms with Crippen molar-refractivity contribution in [2.24, 2.45) is 5.92 Å². The Balaban J connectivity index is 2.23. The van der Waals surface area contributed by atoms with Gasteiger partial charge in [0.2, 0.25) is 11.8 Å². The van der Waals surface area contributed by atoms with Crippen molar-refractivity contribution >= 4 is 17.8 Å². The van der Waals surface area contributed by atoms with Crippen molar-refractivity contribution < 1.29 is 14.4 Å². The van der Waals surface area contributed by atoms with E-state index < -0.39 is 23.8 Å². The number of rotatable bonds is 2. The Labute approximate surface area is 104 Å². The lowest BCUT2D eigenvalue weighted by molar-refractivity contribution is -0.142. The molecule has 2 rings (SSSR count). The summed E-state index contributed by atoms with van der Waals surface area (Å²) in [4.78, 5) is 39.8. The number of amides is 4. The molecule has 1 fully saturated rings. The fraction of sp³-hybridized carbons (Fsp3) is 0.333. The maximum Gasteiger partial charge on any atom is 0.331 e. The highest BCUT2D eigenvalue weighted by molar-refractivity contribution is 6.15. The average molecular weight is 247 g/mol. The van der Waals surface area contributed by atoms with Gasteiger partial charge in [0.05, 0.1) is 6.54 Å². The van der Waals surface area contributed by atoms with Gasteiger partial charge in [0, 0.05) is 12.4 Å². The summed E-state index contributed by atoms with van der Waals surface area (Å²) < 4.78 is 0. The minimum Gasteiger partial charge on any atom is -0.277 e. The van der Waals surface area contributed by atoms with Crippen molar-refractivity contribution in [3.8, 4) is 0 Å². The number of carbonyl (C=O) groups is 3. The van der Waals surface area contributed by atoms with Crippen LogP contribution in [0.3, 0.4) is 0 Å². The number of nitrogens with one attached hydrogen (secondary N) is 1. The molecule has 1 saturated heterocycles. The SMILES string of the molecule is Cc1cnccc1CN1C(=O)NC(=O)C(C)C1=O. The number of pyridine rings is 1. The molecule has 4 amide bonds. The third kappa shape index (κ3) is 2.09. The molecule has 6 nitrogen and oxygen atoms in total. The van der Waals surface area contributed by atoms with Gasteiger partial charge in [0.15, 0.2) is 0 Å². The number of urea groups is 1. The number of aromatic nitrogens is 1. The zero-order valence-electron chi connectivity index (χ0n) is 10.1. The van der Waals surface area contributed by atoms with E-state index in [9.17, 15) is 14.4 Å². The Morgan fingerprint density at radius 1 is 1.39 bits per heavy atom. The van der Waals surface area contributed by atoms with Gasteiger partial charge in [0.25, 0.3) is 0 Å². The summed E-state index contributed by atoms with van der Waals surface area (Å²) in [5.74, 6) is -1.85. The first-order chi connectivity index (χ1) is 8.50. The molecule has 6 heteroatoms. The number of nitrogens with zero attached hydrogens (tertiary/aromatic N) is 2. The quantitative estimate of drug-likeness (QED) is 0.776. The molecule has 0 saturated carbocycles. The summed E-state index contributed by atoms with van der Waals surface area (Å²) in [6.07, 6.45) is 3.26. The molecule has 1 unspecified atom stereocenters. The van der Waals surface area contributed by atoms with Crippen LogP contribution in [0, 0.1) is 12.8 Å². The van der Waals surface area contributed by atoms with Gasteiger partial charge >= 0.3 is 6.03 Å². The lowest BCUT2D eigenvalue weighted by Gasteiger charge is -2.28. The van der Waals surface area contributed by atoms with Crippen LogP contribution >= 0.6 is 0 Å². The van der Waals surface area contributed by atoms with E-state index in [0.717, 1.165) is 16.0 Å². The van der Waals surface area contributed by atoms with Crippen molar-refractivity contribution in [2.75, 3.05) is 0 Å².